The smallest absolute Gasteiger partial charge is 0.128 e. The third-order valence-electron chi connectivity index (χ3n) is 3.49. The number of nitrogens with one attached hydrogen (secondary N) is 1. The van der Waals surface area contributed by atoms with E-state index < -0.39 is 0 Å². The largest absolute Gasteiger partial charge is 0.493 e. The maximum absolute atomic E-state index is 6.16. The Morgan fingerprint density at radius 3 is 2.95 bits per heavy atom. The molecule has 1 unspecified atom stereocenters. The third kappa shape index (κ3) is 5.21. The summed E-state index contributed by atoms with van der Waals surface area (Å²) in [5.74, 6) is 1.80. The summed E-state index contributed by atoms with van der Waals surface area (Å²) < 4.78 is 17.4. The minimum atomic E-state index is 0.153. The van der Waals surface area contributed by atoms with Crippen LogP contribution in [0.25, 0.3) is 0 Å². The van der Waals surface area contributed by atoms with Crippen LogP contribution in [0.2, 0.25) is 0 Å². The zero-order chi connectivity index (χ0) is 14.9. The van der Waals surface area contributed by atoms with Gasteiger partial charge in [-0.25, -0.2) is 0 Å². The Morgan fingerprint density at radius 2 is 2.24 bits per heavy atom. The fourth-order valence-electron chi connectivity index (χ4n) is 2.34. The molecule has 1 heterocycles. The highest BCUT2D eigenvalue weighted by Crippen LogP contribution is 2.27. The third-order valence-corrected chi connectivity index (χ3v) is 3.49. The summed E-state index contributed by atoms with van der Waals surface area (Å²) in [6.45, 7) is 8.24. The predicted octanol–water partition coefficient (Wildman–Crippen LogP) is 3.14. The lowest BCUT2D eigenvalue weighted by molar-refractivity contribution is 0.00691. The first-order chi connectivity index (χ1) is 10.3. The normalized spacial score (nSPS) is 18.5. The first-order valence-electron chi connectivity index (χ1n) is 8.04. The molecular formula is C17H27NO3. The number of hydrogen-bond acceptors (Lipinski definition) is 4. The van der Waals surface area contributed by atoms with Crippen molar-refractivity contribution in [1.29, 1.82) is 0 Å². The Balaban J connectivity index is 2.07. The summed E-state index contributed by atoms with van der Waals surface area (Å²) in [4.78, 5) is 0. The van der Waals surface area contributed by atoms with Crippen LogP contribution in [0.4, 0.5) is 0 Å². The number of benzene rings is 1. The fraction of sp³-hybridized carbons (Fsp3) is 0.647. The van der Waals surface area contributed by atoms with Crippen LogP contribution in [0.15, 0.2) is 18.2 Å². The summed E-state index contributed by atoms with van der Waals surface area (Å²) >= 11 is 0. The molecule has 0 aliphatic carbocycles. The molecule has 1 N–H and O–H groups in total. The average molecular weight is 293 g/mol. The molecule has 0 saturated carbocycles. The van der Waals surface area contributed by atoms with Crippen LogP contribution >= 0.6 is 0 Å². The van der Waals surface area contributed by atoms with Crippen molar-refractivity contribution in [1.82, 2.24) is 5.32 Å². The fourth-order valence-corrected chi connectivity index (χ4v) is 2.34. The van der Waals surface area contributed by atoms with E-state index >= 15 is 0 Å². The van der Waals surface area contributed by atoms with Crippen molar-refractivity contribution < 1.29 is 14.2 Å². The van der Waals surface area contributed by atoms with Crippen molar-refractivity contribution in [2.75, 3.05) is 26.4 Å². The lowest BCUT2D eigenvalue weighted by atomic mass is 10.1. The summed E-state index contributed by atoms with van der Waals surface area (Å²) in [7, 11) is 0. The van der Waals surface area contributed by atoms with E-state index in [0.29, 0.717) is 6.61 Å². The molecule has 1 aliphatic heterocycles. The molecule has 4 nitrogen and oxygen atoms in total. The van der Waals surface area contributed by atoms with Crippen LogP contribution in [-0.4, -0.2) is 32.5 Å². The predicted molar refractivity (Wildman–Crippen MR) is 84.1 cm³/mol. The van der Waals surface area contributed by atoms with Gasteiger partial charge in [0.1, 0.15) is 17.6 Å². The van der Waals surface area contributed by atoms with Crippen LogP contribution in [0, 0.1) is 0 Å². The SMILES string of the molecule is CCCOc1ccc(CNCC)c(OC2CCCOC2)c1. The van der Waals surface area contributed by atoms with E-state index in [4.69, 9.17) is 14.2 Å². The van der Waals surface area contributed by atoms with Crippen LogP contribution in [0.1, 0.15) is 38.7 Å². The van der Waals surface area contributed by atoms with Crippen molar-refractivity contribution in [3.63, 3.8) is 0 Å². The monoisotopic (exact) mass is 293 g/mol. The van der Waals surface area contributed by atoms with E-state index in [1.807, 2.05) is 12.1 Å². The zero-order valence-corrected chi connectivity index (χ0v) is 13.2. The van der Waals surface area contributed by atoms with E-state index in [0.717, 1.165) is 57.1 Å². The Kier molecular flexibility index (Phi) is 6.83. The minimum absolute atomic E-state index is 0.153. The van der Waals surface area contributed by atoms with Gasteiger partial charge in [0.2, 0.25) is 0 Å². The van der Waals surface area contributed by atoms with Gasteiger partial charge in [-0.15, -0.1) is 0 Å². The maximum Gasteiger partial charge on any atom is 0.128 e. The van der Waals surface area contributed by atoms with Crippen LogP contribution < -0.4 is 14.8 Å². The van der Waals surface area contributed by atoms with E-state index in [9.17, 15) is 0 Å². The first-order valence-corrected chi connectivity index (χ1v) is 8.04. The van der Waals surface area contributed by atoms with Crippen LogP contribution in [-0.2, 0) is 11.3 Å². The average Bonchev–Trinajstić information content (AvgIpc) is 2.53. The molecule has 0 bridgehead atoms. The molecule has 2 rings (SSSR count). The van der Waals surface area contributed by atoms with Gasteiger partial charge in [-0.2, -0.15) is 0 Å². The van der Waals surface area contributed by atoms with Crippen molar-refractivity contribution in [2.45, 2.75) is 45.8 Å². The lowest BCUT2D eigenvalue weighted by Crippen LogP contribution is -2.28. The molecule has 21 heavy (non-hydrogen) atoms. The van der Waals surface area contributed by atoms with Crippen LogP contribution in [0.5, 0.6) is 11.5 Å². The standard InChI is InChI=1S/C17H27NO3/c1-3-9-20-15-8-7-14(12-18-4-2)17(11-15)21-16-6-5-10-19-13-16/h7-8,11,16,18H,3-6,9-10,12-13H2,1-2H3. The molecule has 1 aliphatic rings. The zero-order valence-electron chi connectivity index (χ0n) is 13.2. The van der Waals surface area contributed by atoms with Gasteiger partial charge in [-0.1, -0.05) is 19.9 Å². The molecule has 0 amide bonds. The quantitative estimate of drug-likeness (QED) is 0.799. The van der Waals surface area contributed by atoms with Gasteiger partial charge in [0.05, 0.1) is 13.2 Å². The Labute approximate surface area is 127 Å². The van der Waals surface area contributed by atoms with Gasteiger partial charge >= 0.3 is 0 Å². The topological polar surface area (TPSA) is 39.7 Å². The first kappa shape index (κ1) is 16.1. The number of rotatable bonds is 8. The highest BCUT2D eigenvalue weighted by Gasteiger charge is 2.17. The molecule has 0 aromatic heterocycles. The molecule has 1 aromatic carbocycles. The lowest BCUT2D eigenvalue weighted by Gasteiger charge is -2.25. The molecule has 1 saturated heterocycles. The second-order valence-corrected chi connectivity index (χ2v) is 5.36. The van der Waals surface area contributed by atoms with E-state index in [2.05, 4.69) is 25.2 Å². The highest BCUT2D eigenvalue weighted by molar-refractivity contribution is 5.41. The van der Waals surface area contributed by atoms with E-state index in [1.54, 1.807) is 0 Å². The molecular weight excluding hydrogens is 266 g/mol. The van der Waals surface area contributed by atoms with Crippen molar-refractivity contribution in [3.05, 3.63) is 23.8 Å². The van der Waals surface area contributed by atoms with E-state index in [1.165, 1.54) is 5.56 Å². The molecule has 0 radical (unpaired) electrons. The number of hydrogen-bond donors (Lipinski definition) is 1. The van der Waals surface area contributed by atoms with Gasteiger partial charge < -0.3 is 19.5 Å². The Morgan fingerprint density at radius 1 is 1.33 bits per heavy atom. The molecule has 118 valence electrons. The van der Waals surface area contributed by atoms with Crippen molar-refractivity contribution in [3.8, 4) is 11.5 Å². The van der Waals surface area contributed by atoms with Gasteiger partial charge in [0, 0.05) is 24.8 Å². The van der Waals surface area contributed by atoms with E-state index in [-0.39, 0.29) is 6.10 Å². The summed E-state index contributed by atoms with van der Waals surface area (Å²) in [6, 6.07) is 6.12. The van der Waals surface area contributed by atoms with Gasteiger partial charge in [0.25, 0.3) is 0 Å². The molecule has 1 atom stereocenters. The minimum Gasteiger partial charge on any atom is -0.493 e. The molecule has 0 spiro atoms. The summed E-state index contributed by atoms with van der Waals surface area (Å²) in [5.41, 5.74) is 1.17. The molecule has 1 fully saturated rings. The van der Waals surface area contributed by atoms with Crippen molar-refractivity contribution >= 4 is 0 Å². The second-order valence-electron chi connectivity index (χ2n) is 5.36. The summed E-state index contributed by atoms with van der Waals surface area (Å²) in [6.07, 6.45) is 3.28. The van der Waals surface area contributed by atoms with Crippen LogP contribution in [0.3, 0.4) is 0 Å². The number of ether oxygens (including phenoxy) is 3. The Hall–Kier alpha value is -1.26. The molecule has 1 aromatic rings. The molecule has 4 heteroatoms. The van der Waals surface area contributed by atoms with Gasteiger partial charge in [-0.05, 0) is 31.9 Å². The Bertz CT molecular complexity index is 416. The van der Waals surface area contributed by atoms with Gasteiger partial charge in [-0.3, -0.25) is 0 Å². The highest BCUT2D eigenvalue weighted by atomic mass is 16.5. The maximum atomic E-state index is 6.16. The van der Waals surface area contributed by atoms with Gasteiger partial charge in [0.15, 0.2) is 0 Å². The van der Waals surface area contributed by atoms with Crippen molar-refractivity contribution in [2.24, 2.45) is 0 Å². The second kappa shape index (κ2) is 8.90. The summed E-state index contributed by atoms with van der Waals surface area (Å²) in [5, 5.41) is 3.35.